The molecule has 2 aromatic heterocycles. The van der Waals surface area contributed by atoms with E-state index in [4.69, 9.17) is 0 Å². The molecule has 3 aromatic rings. The minimum atomic E-state index is 0.173. The number of thioether (sulfide) groups is 1. The minimum absolute atomic E-state index is 0.173. The number of nitrogens with zero attached hydrogens (tertiary/aromatic N) is 7. The van der Waals surface area contributed by atoms with Crippen LogP contribution >= 0.6 is 11.8 Å². The van der Waals surface area contributed by atoms with Crippen molar-refractivity contribution in [1.82, 2.24) is 30.1 Å². The lowest BCUT2D eigenvalue weighted by Gasteiger charge is -2.35. The summed E-state index contributed by atoms with van der Waals surface area (Å²) in [5.41, 5.74) is 0.909. The van der Waals surface area contributed by atoms with Crippen molar-refractivity contribution in [3.8, 4) is 5.69 Å². The Labute approximate surface area is 167 Å². The number of aromatic nitrogens is 5. The molecular formula is C19H21N7OS. The van der Waals surface area contributed by atoms with E-state index in [0.717, 1.165) is 37.7 Å². The molecule has 1 amide bonds. The van der Waals surface area contributed by atoms with Crippen LogP contribution in [0.1, 0.15) is 6.42 Å². The third-order valence-corrected chi connectivity index (χ3v) is 5.52. The lowest BCUT2D eigenvalue weighted by atomic mass is 10.3. The first kappa shape index (κ1) is 18.4. The monoisotopic (exact) mass is 395 g/mol. The predicted molar refractivity (Wildman–Crippen MR) is 108 cm³/mol. The summed E-state index contributed by atoms with van der Waals surface area (Å²) in [5, 5.41) is 12.6. The van der Waals surface area contributed by atoms with Crippen LogP contribution in [0.15, 0.2) is 59.9 Å². The SMILES string of the molecule is O=C(CCSc1nnnn1-c1ccccc1)N1CCN(c2ccccn2)CC1. The maximum absolute atomic E-state index is 12.5. The van der Waals surface area contributed by atoms with Crippen molar-refractivity contribution in [1.29, 1.82) is 0 Å². The summed E-state index contributed by atoms with van der Waals surface area (Å²) in [5.74, 6) is 1.79. The Hall–Kier alpha value is -2.94. The van der Waals surface area contributed by atoms with Crippen molar-refractivity contribution in [2.24, 2.45) is 0 Å². The van der Waals surface area contributed by atoms with E-state index < -0.39 is 0 Å². The molecule has 0 aliphatic carbocycles. The Morgan fingerprint density at radius 2 is 1.79 bits per heavy atom. The van der Waals surface area contributed by atoms with Crippen LogP contribution in [0.25, 0.3) is 5.69 Å². The molecular weight excluding hydrogens is 374 g/mol. The van der Waals surface area contributed by atoms with E-state index in [9.17, 15) is 4.79 Å². The van der Waals surface area contributed by atoms with Gasteiger partial charge in [0.2, 0.25) is 11.1 Å². The smallest absolute Gasteiger partial charge is 0.223 e. The van der Waals surface area contributed by atoms with Crippen molar-refractivity contribution < 1.29 is 4.79 Å². The van der Waals surface area contributed by atoms with Gasteiger partial charge in [-0.2, -0.15) is 4.68 Å². The fourth-order valence-electron chi connectivity index (χ4n) is 3.11. The van der Waals surface area contributed by atoms with Crippen LogP contribution in [0.2, 0.25) is 0 Å². The van der Waals surface area contributed by atoms with Crippen LogP contribution in [0, 0.1) is 0 Å². The zero-order valence-electron chi connectivity index (χ0n) is 15.4. The van der Waals surface area contributed by atoms with Crippen LogP contribution in [-0.2, 0) is 4.79 Å². The summed E-state index contributed by atoms with van der Waals surface area (Å²) in [6.45, 7) is 3.06. The van der Waals surface area contributed by atoms with Crippen molar-refractivity contribution in [3.05, 3.63) is 54.7 Å². The van der Waals surface area contributed by atoms with Gasteiger partial charge in [0.25, 0.3) is 0 Å². The molecule has 3 heterocycles. The van der Waals surface area contributed by atoms with Gasteiger partial charge in [0, 0.05) is 44.5 Å². The van der Waals surface area contributed by atoms with Gasteiger partial charge in [-0.25, -0.2) is 4.98 Å². The fraction of sp³-hybridized carbons (Fsp3) is 0.316. The molecule has 1 aromatic carbocycles. The molecule has 28 heavy (non-hydrogen) atoms. The van der Waals surface area contributed by atoms with Crippen molar-refractivity contribution in [2.75, 3.05) is 36.8 Å². The molecule has 0 radical (unpaired) electrons. The number of amides is 1. The number of tetrazole rings is 1. The first-order valence-electron chi connectivity index (χ1n) is 9.21. The average molecular weight is 395 g/mol. The van der Waals surface area contributed by atoms with Gasteiger partial charge in [-0.05, 0) is 34.7 Å². The first-order valence-corrected chi connectivity index (χ1v) is 10.2. The Morgan fingerprint density at radius 1 is 1.00 bits per heavy atom. The standard InChI is InChI=1S/C19H21N7OS/c27-18(25-13-11-24(12-14-25)17-8-4-5-10-20-17)9-15-28-19-21-22-23-26(19)16-6-2-1-3-7-16/h1-8,10H,9,11-15H2. The van der Waals surface area contributed by atoms with E-state index >= 15 is 0 Å². The lowest BCUT2D eigenvalue weighted by Crippen LogP contribution is -2.49. The van der Waals surface area contributed by atoms with Crippen molar-refractivity contribution in [2.45, 2.75) is 11.6 Å². The lowest BCUT2D eigenvalue weighted by molar-refractivity contribution is -0.131. The number of hydrogen-bond acceptors (Lipinski definition) is 7. The largest absolute Gasteiger partial charge is 0.353 e. The number of rotatable bonds is 6. The van der Waals surface area contributed by atoms with Gasteiger partial charge in [0.15, 0.2) is 0 Å². The first-order chi connectivity index (χ1) is 13.8. The molecule has 0 N–H and O–H groups in total. The van der Waals surface area contributed by atoms with Gasteiger partial charge in [-0.1, -0.05) is 36.0 Å². The van der Waals surface area contributed by atoms with E-state index in [1.807, 2.05) is 53.4 Å². The summed E-state index contributed by atoms with van der Waals surface area (Å²) in [6, 6.07) is 15.6. The number of pyridine rings is 1. The second kappa shape index (κ2) is 8.83. The van der Waals surface area contributed by atoms with E-state index in [1.165, 1.54) is 11.8 Å². The second-order valence-electron chi connectivity index (χ2n) is 6.36. The maximum Gasteiger partial charge on any atom is 0.223 e. The van der Waals surface area contributed by atoms with Crippen molar-refractivity contribution in [3.63, 3.8) is 0 Å². The molecule has 0 saturated carbocycles. The predicted octanol–water partition coefficient (Wildman–Crippen LogP) is 1.89. The van der Waals surface area contributed by atoms with E-state index in [-0.39, 0.29) is 5.91 Å². The number of piperazine rings is 1. The third-order valence-electron chi connectivity index (χ3n) is 4.59. The Kier molecular flexibility index (Phi) is 5.81. The molecule has 8 nitrogen and oxygen atoms in total. The summed E-state index contributed by atoms with van der Waals surface area (Å²) >= 11 is 1.50. The number of carbonyl (C=O) groups excluding carboxylic acids is 1. The van der Waals surface area contributed by atoms with Crippen LogP contribution < -0.4 is 4.90 Å². The molecule has 9 heteroatoms. The van der Waals surface area contributed by atoms with Gasteiger partial charge < -0.3 is 9.80 Å². The summed E-state index contributed by atoms with van der Waals surface area (Å²) in [7, 11) is 0. The highest BCUT2D eigenvalue weighted by Crippen LogP contribution is 2.19. The van der Waals surface area contributed by atoms with E-state index in [0.29, 0.717) is 17.3 Å². The molecule has 144 valence electrons. The number of anilines is 1. The van der Waals surface area contributed by atoms with Crippen LogP contribution in [0.3, 0.4) is 0 Å². The molecule has 4 rings (SSSR count). The number of para-hydroxylation sites is 1. The Balaban J connectivity index is 1.26. The Bertz CT molecular complexity index is 895. The van der Waals surface area contributed by atoms with Gasteiger partial charge in [0.05, 0.1) is 5.69 Å². The van der Waals surface area contributed by atoms with Crippen LogP contribution in [-0.4, -0.2) is 67.9 Å². The van der Waals surface area contributed by atoms with Gasteiger partial charge in [-0.3, -0.25) is 4.79 Å². The minimum Gasteiger partial charge on any atom is -0.353 e. The number of benzene rings is 1. The molecule has 1 aliphatic heterocycles. The zero-order valence-corrected chi connectivity index (χ0v) is 16.2. The van der Waals surface area contributed by atoms with Gasteiger partial charge in [0.1, 0.15) is 5.82 Å². The number of carbonyl (C=O) groups is 1. The highest BCUT2D eigenvalue weighted by Gasteiger charge is 2.21. The zero-order chi connectivity index (χ0) is 19.2. The highest BCUT2D eigenvalue weighted by molar-refractivity contribution is 7.99. The van der Waals surface area contributed by atoms with Crippen LogP contribution in [0.4, 0.5) is 5.82 Å². The van der Waals surface area contributed by atoms with E-state index in [2.05, 4.69) is 25.4 Å². The molecule has 1 aliphatic rings. The summed E-state index contributed by atoms with van der Waals surface area (Å²) in [4.78, 5) is 21.1. The summed E-state index contributed by atoms with van der Waals surface area (Å²) in [6.07, 6.45) is 2.27. The highest BCUT2D eigenvalue weighted by atomic mass is 32.2. The molecule has 0 spiro atoms. The quantitative estimate of drug-likeness (QED) is 0.590. The molecule has 1 fully saturated rings. The number of hydrogen-bond donors (Lipinski definition) is 0. The van der Waals surface area contributed by atoms with Crippen molar-refractivity contribution >= 4 is 23.5 Å². The average Bonchev–Trinajstić information content (AvgIpc) is 3.23. The maximum atomic E-state index is 12.5. The molecule has 0 unspecified atom stereocenters. The summed E-state index contributed by atoms with van der Waals surface area (Å²) < 4.78 is 1.70. The molecule has 0 bridgehead atoms. The van der Waals surface area contributed by atoms with Gasteiger partial charge in [-0.15, -0.1) is 5.10 Å². The molecule has 0 atom stereocenters. The second-order valence-corrected chi connectivity index (χ2v) is 7.43. The van der Waals surface area contributed by atoms with E-state index in [1.54, 1.807) is 10.9 Å². The fourth-order valence-corrected chi connectivity index (χ4v) is 3.93. The van der Waals surface area contributed by atoms with Gasteiger partial charge >= 0.3 is 0 Å². The topological polar surface area (TPSA) is 80.0 Å². The third kappa shape index (κ3) is 4.30. The normalized spacial score (nSPS) is 14.3. The Morgan fingerprint density at radius 3 is 2.54 bits per heavy atom. The molecule has 1 saturated heterocycles. The van der Waals surface area contributed by atoms with Crippen LogP contribution in [0.5, 0.6) is 0 Å².